The van der Waals surface area contributed by atoms with Crippen molar-refractivity contribution in [2.75, 3.05) is 23.3 Å². The summed E-state index contributed by atoms with van der Waals surface area (Å²) in [5.41, 5.74) is 2.36. The summed E-state index contributed by atoms with van der Waals surface area (Å²) in [7, 11) is 1.81. The number of nitrogens with one attached hydrogen (secondary N) is 1. The number of carbonyl (C=O) groups excluding carboxylic acids is 1. The van der Waals surface area contributed by atoms with Gasteiger partial charge in [0.15, 0.2) is 11.5 Å². The fourth-order valence-electron chi connectivity index (χ4n) is 4.10. The lowest BCUT2D eigenvalue weighted by atomic mass is 9.94. The molecule has 1 aliphatic rings. The average molecular weight is 441 g/mol. The Morgan fingerprint density at radius 3 is 2.88 bits per heavy atom. The highest BCUT2D eigenvalue weighted by molar-refractivity contribution is 6.08. The van der Waals surface area contributed by atoms with Crippen LogP contribution in [0.4, 0.5) is 11.5 Å². The summed E-state index contributed by atoms with van der Waals surface area (Å²) in [6, 6.07) is 11.6. The minimum absolute atomic E-state index is 0.284. The van der Waals surface area contributed by atoms with Crippen LogP contribution in [0.3, 0.4) is 0 Å². The first-order valence-corrected chi connectivity index (χ1v) is 10.8. The number of rotatable bonds is 5. The van der Waals surface area contributed by atoms with E-state index in [9.17, 15) is 4.79 Å². The normalized spacial score (nSPS) is 14.4. The van der Waals surface area contributed by atoms with Crippen LogP contribution in [0.1, 0.15) is 29.6 Å². The maximum atomic E-state index is 13.1. The van der Waals surface area contributed by atoms with Gasteiger partial charge in [-0.2, -0.15) is 15.5 Å². The van der Waals surface area contributed by atoms with Crippen LogP contribution in [0.5, 0.6) is 0 Å². The Balaban J connectivity index is 1.35. The summed E-state index contributed by atoms with van der Waals surface area (Å²) < 4.78 is 3.24. The lowest BCUT2D eigenvalue weighted by Gasteiger charge is -2.31. The zero-order valence-electron chi connectivity index (χ0n) is 18.2. The van der Waals surface area contributed by atoms with Crippen molar-refractivity contribution in [3.05, 3.63) is 54.6 Å². The first kappa shape index (κ1) is 20.6. The number of amides is 1. The van der Waals surface area contributed by atoms with Gasteiger partial charge in [-0.3, -0.25) is 9.48 Å². The van der Waals surface area contributed by atoms with E-state index >= 15 is 0 Å². The summed E-state index contributed by atoms with van der Waals surface area (Å²) in [5, 5.41) is 20.5. The number of benzene rings is 1. The van der Waals surface area contributed by atoms with Crippen molar-refractivity contribution < 1.29 is 4.79 Å². The molecule has 1 amide bonds. The number of aryl methyl sites for hydroxylation is 1. The molecule has 1 aliphatic heterocycles. The first-order valence-electron chi connectivity index (χ1n) is 10.8. The van der Waals surface area contributed by atoms with E-state index < -0.39 is 0 Å². The minimum Gasteiger partial charge on any atom is -0.356 e. The smallest absolute Gasteiger partial charge is 0.261 e. The van der Waals surface area contributed by atoms with Crippen LogP contribution in [-0.4, -0.2) is 48.4 Å². The molecule has 4 aromatic rings. The van der Waals surface area contributed by atoms with Gasteiger partial charge < -0.3 is 10.2 Å². The Labute approximate surface area is 190 Å². The largest absolute Gasteiger partial charge is 0.356 e. The standard InChI is InChI=1S/C23H23N9O/c1-30-15-25-21(29-30)17-3-2-4-18(13-17)27-23(33)19-14-26-32-12-8-20(28-22(19)32)31-10-6-16(5-9-24)7-11-31/h2-4,8,12-16H,5-7,10-11H2,1H3,(H,27,33). The van der Waals surface area contributed by atoms with Crippen molar-refractivity contribution in [2.45, 2.75) is 19.3 Å². The van der Waals surface area contributed by atoms with E-state index in [1.165, 1.54) is 6.20 Å². The molecule has 33 heavy (non-hydrogen) atoms. The molecule has 0 radical (unpaired) electrons. The molecular weight excluding hydrogens is 418 g/mol. The number of nitriles is 1. The highest BCUT2D eigenvalue weighted by Gasteiger charge is 2.21. The second-order valence-corrected chi connectivity index (χ2v) is 8.18. The van der Waals surface area contributed by atoms with Gasteiger partial charge in [-0.25, -0.2) is 14.5 Å². The number of hydrogen-bond acceptors (Lipinski definition) is 7. The molecule has 1 fully saturated rings. The summed E-state index contributed by atoms with van der Waals surface area (Å²) in [5.74, 6) is 1.57. The quantitative estimate of drug-likeness (QED) is 0.506. The highest BCUT2D eigenvalue weighted by atomic mass is 16.1. The maximum absolute atomic E-state index is 13.1. The van der Waals surface area contributed by atoms with Gasteiger partial charge in [-0.1, -0.05) is 12.1 Å². The molecule has 5 rings (SSSR count). The van der Waals surface area contributed by atoms with E-state index in [-0.39, 0.29) is 5.91 Å². The Bertz CT molecular complexity index is 1340. The van der Waals surface area contributed by atoms with Crippen molar-refractivity contribution in [2.24, 2.45) is 13.0 Å². The molecule has 1 aromatic carbocycles. The number of aromatic nitrogens is 6. The molecule has 166 valence electrons. The Kier molecular flexibility index (Phi) is 5.44. The summed E-state index contributed by atoms with van der Waals surface area (Å²) in [6.45, 7) is 1.69. The second-order valence-electron chi connectivity index (χ2n) is 8.18. The third-order valence-electron chi connectivity index (χ3n) is 5.90. The summed E-state index contributed by atoms with van der Waals surface area (Å²) >= 11 is 0. The van der Waals surface area contributed by atoms with Crippen molar-refractivity contribution in [1.82, 2.24) is 29.4 Å². The molecule has 0 aliphatic carbocycles. The molecule has 4 heterocycles. The molecule has 1 saturated heterocycles. The predicted octanol–water partition coefficient (Wildman–Crippen LogP) is 2.91. The molecule has 10 nitrogen and oxygen atoms in total. The Hall–Kier alpha value is -4.26. The number of carbonyl (C=O) groups is 1. The summed E-state index contributed by atoms with van der Waals surface area (Å²) in [6.07, 6.45) is 7.52. The Morgan fingerprint density at radius 1 is 1.27 bits per heavy atom. The lowest BCUT2D eigenvalue weighted by Crippen LogP contribution is -2.34. The van der Waals surface area contributed by atoms with Gasteiger partial charge in [0.1, 0.15) is 17.7 Å². The van der Waals surface area contributed by atoms with Gasteiger partial charge in [0.05, 0.1) is 12.3 Å². The lowest BCUT2D eigenvalue weighted by molar-refractivity contribution is 0.102. The number of piperidine rings is 1. The third-order valence-corrected chi connectivity index (χ3v) is 5.90. The van der Waals surface area contributed by atoms with Crippen LogP contribution in [0.25, 0.3) is 17.0 Å². The van der Waals surface area contributed by atoms with Crippen LogP contribution in [0, 0.1) is 17.2 Å². The van der Waals surface area contributed by atoms with Gasteiger partial charge in [0.25, 0.3) is 5.91 Å². The van der Waals surface area contributed by atoms with Crippen LogP contribution in [-0.2, 0) is 7.05 Å². The van der Waals surface area contributed by atoms with Gasteiger partial charge >= 0.3 is 0 Å². The molecule has 1 N–H and O–H groups in total. The van der Waals surface area contributed by atoms with E-state index in [2.05, 4.69) is 31.5 Å². The number of anilines is 2. The molecule has 3 aromatic heterocycles. The van der Waals surface area contributed by atoms with E-state index in [1.807, 2.05) is 43.6 Å². The molecular formula is C23H23N9O. The maximum Gasteiger partial charge on any atom is 0.261 e. The number of nitrogens with zero attached hydrogens (tertiary/aromatic N) is 8. The topological polar surface area (TPSA) is 117 Å². The number of fused-ring (bicyclic) bond motifs is 1. The van der Waals surface area contributed by atoms with E-state index in [4.69, 9.17) is 10.2 Å². The minimum atomic E-state index is -0.284. The van der Waals surface area contributed by atoms with Crippen molar-refractivity contribution >= 4 is 23.1 Å². The second kappa shape index (κ2) is 8.70. The van der Waals surface area contributed by atoms with Crippen molar-refractivity contribution in [3.63, 3.8) is 0 Å². The van der Waals surface area contributed by atoms with E-state index in [0.29, 0.717) is 35.1 Å². The average Bonchev–Trinajstić information content (AvgIpc) is 3.46. The molecule has 0 unspecified atom stereocenters. The zero-order valence-corrected chi connectivity index (χ0v) is 18.2. The molecule has 0 atom stereocenters. The van der Waals surface area contributed by atoms with Gasteiger partial charge in [0, 0.05) is 44.0 Å². The fourth-order valence-corrected chi connectivity index (χ4v) is 4.10. The Morgan fingerprint density at radius 2 is 2.12 bits per heavy atom. The van der Waals surface area contributed by atoms with E-state index in [0.717, 1.165) is 37.3 Å². The van der Waals surface area contributed by atoms with Crippen LogP contribution < -0.4 is 10.2 Å². The molecule has 0 spiro atoms. The van der Waals surface area contributed by atoms with E-state index in [1.54, 1.807) is 15.5 Å². The van der Waals surface area contributed by atoms with Crippen molar-refractivity contribution in [3.8, 4) is 17.5 Å². The molecule has 0 bridgehead atoms. The summed E-state index contributed by atoms with van der Waals surface area (Å²) in [4.78, 5) is 24.3. The number of hydrogen-bond donors (Lipinski definition) is 1. The van der Waals surface area contributed by atoms with Gasteiger partial charge in [-0.05, 0) is 37.0 Å². The molecule has 10 heteroatoms. The molecule has 0 saturated carbocycles. The fraction of sp³-hybridized carbons (Fsp3) is 0.304. The first-order chi connectivity index (χ1) is 16.1. The van der Waals surface area contributed by atoms with Crippen LogP contribution in [0.2, 0.25) is 0 Å². The third kappa shape index (κ3) is 4.25. The monoisotopic (exact) mass is 441 g/mol. The highest BCUT2D eigenvalue weighted by Crippen LogP contribution is 2.25. The van der Waals surface area contributed by atoms with Crippen molar-refractivity contribution in [1.29, 1.82) is 5.26 Å². The predicted molar refractivity (Wildman–Crippen MR) is 123 cm³/mol. The SMILES string of the molecule is Cn1cnc(-c2cccc(NC(=O)c3cnn4ccc(N5CCC(CC#N)CC5)nc34)c2)n1. The van der Waals surface area contributed by atoms with Crippen LogP contribution >= 0.6 is 0 Å². The van der Waals surface area contributed by atoms with Gasteiger partial charge in [0.2, 0.25) is 0 Å². The zero-order chi connectivity index (χ0) is 22.8. The van der Waals surface area contributed by atoms with Gasteiger partial charge in [-0.15, -0.1) is 0 Å². The van der Waals surface area contributed by atoms with Crippen LogP contribution in [0.15, 0.2) is 49.1 Å².